The molecule has 120 valence electrons. The molecule has 0 saturated carbocycles. The second-order valence-corrected chi connectivity index (χ2v) is 5.50. The number of hydrogen-bond donors (Lipinski definition) is 1. The fourth-order valence-electron chi connectivity index (χ4n) is 2.11. The van der Waals surface area contributed by atoms with Crippen molar-refractivity contribution in [1.29, 1.82) is 0 Å². The molecule has 1 aromatic heterocycles. The highest BCUT2D eigenvalue weighted by atomic mass is 16.2. The van der Waals surface area contributed by atoms with Gasteiger partial charge < -0.3 is 10.2 Å². The van der Waals surface area contributed by atoms with Crippen LogP contribution in [0, 0.1) is 6.92 Å². The zero-order valence-electron chi connectivity index (χ0n) is 13.5. The van der Waals surface area contributed by atoms with E-state index in [0.717, 1.165) is 11.1 Å². The molecule has 0 aliphatic heterocycles. The van der Waals surface area contributed by atoms with Crippen molar-refractivity contribution in [3.63, 3.8) is 0 Å². The Morgan fingerprint density at radius 3 is 2.52 bits per heavy atom. The summed E-state index contributed by atoms with van der Waals surface area (Å²) >= 11 is 0. The van der Waals surface area contributed by atoms with Crippen LogP contribution in [0.3, 0.4) is 0 Å². The molecule has 0 fully saturated rings. The molecule has 5 heteroatoms. The first-order chi connectivity index (χ1) is 11.0. The number of aryl methyl sites for hydroxylation is 2. The maximum absolute atomic E-state index is 12.1. The highest BCUT2D eigenvalue weighted by molar-refractivity contribution is 5.93. The van der Waals surface area contributed by atoms with E-state index in [9.17, 15) is 9.59 Å². The second kappa shape index (κ2) is 8.08. The summed E-state index contributed by atoms with van der Waals surface area (Å²) in [5.74, 6) is 0.184. The lowest BCUT2D eigenvalue weighted by Crippen LogP contribution is -2.35. The number of anilines is 1. The van der Waals surface area contributed by atoms with Crippen LogP contribution in [-0.2, 0) is 16.0 Å². The molecule has 0 aliphatic rings. The number of benzene rings is 1. The number of carbonyl (C=O) groups excluding carboxylic acids is 2. The van der Waals surface area contributed by atoms with Gasteiger partial charge in [-0.15, -0.1) is 0 Å². The van der Waals surface area contributed by atoms with Crippen LogP contribution in [0.5, 0.6) is 0 Å². The third-order valence-corrected chi connectivity index (χ3v) is 3.46. The van der Waals surface area contributed by atoms with Gasteiger partial charge in [-0.2, -0.15) is 0 Å². The van der Waals surface area contributed by atoms with E-state index >= 15 is 0 Å². The van der Waals surface area contributed by atoms with Crippen molar-refractivity contribution in [2.24, 2.45) is 0 Å². The Labute approximate surface area is 136 Å². The summed E-state index contributed by atoms with van der Waals surface area (Å²) in [6, 6.07) is 13.4. The van der Waals surface area contributed by atoms with Crippen LogP contribution in [0.1, 0.15) is 17.5 Å². The first-order valence-corrected chi connectivity index (χ1v) is 7.55. The molecule has 0 atom stereocenters. The largest absolute Gasteiger partial charge is 0.336 e. The zero-order valence-corrected chi connectivity index (χ0v) is 13.5. The minimum absolute atomic E-state index is 0.0170. The van der Waals surface area contributed by atoms with Crippen LogP contribution in [0.25, 0.3) is 0 Å². The summed E-state index contributed by atoms with van der Waals surface area (Å²) in [5, 5.41) is 2.68. The van der Waals surface area contributed by atoms with Crippen LogP contribution < -0.4 is 5.32 Å². The molecule has 0 radical (unpaired) electrons. The molecule has 1 aromatic carbocycles. The molecule has 0 saturated heterocycles. The molecule has 0 unspecified atom stereocenters. The smallest absolute Gasteiger partial charge is 0.245 e. The monoisotopic (exact) mass is 311 g/mol. The van der Waals surface area contributed by atoms with Gasteiger partial charge in [0, 0.05) is 19.7 Å². The van der Waals surface area contributed by atoms with Crippen molar-refractivity contribution >= 4 is 17.6 Å². The summed E-state index contributed by atoms with van der Waals surface area (Å²) in [4.78, 5) is 29.6. The number of likely N-dealkylation sites (N-methyl/N-ethyl adjacent to an activating group) is 1. The molecular formula is C18H21N3O2. The summed E-state index contributed by atoms with van der Waals surface area (Å²) < 4.78 is 0. The third-order valence-electron chi connectivity index (χ3n) is 3.46. The lowest BCUT2D eigenvalue weighted by atomic mass is 10.1. The highest BCUT2D eigenvalue weighted by Crippen LogP contribution is 2.06. The maximum atomic E-state index is 12.1. The van der Waals surface area contributed by atoms with Crippen LogP contribution in [0.4, 0.5) is 5.82 Å². The van der Waals surface area contributed by atoms with E-state index < -0.39 is 0 Å². The number of aromatic nitrogens is 1. The summed E-state index contributed by atoms with van der Waals surface area (Å²) in [6.45, 7) is 1.95. The number of rotatable bonds is 6. The van der Waals surface area contributed by atoms with Gasteiger partial charge in [0.1, 0.15) is 5.82 Å². The Bertz CT molecular complexity index is 654. The first-order valence-electron chi connectivity index (χ1n) is 7.55. The minimum atomic E-state index is -0.253. The standard InChI is InChI=1S/C18H21N3O2/c1-14-8-10-16(19-12-14)20-17(22)13-21(2)18(23)11-9-15-6-4-3-5-7-15/h3-8,10,12H,9,11,13H2,1-2H3,(H,19,20,22). The van der Waals surface area contributed by atoms with Gasteiger partial charge in [0.2, 0.25) is 11.8 Å². The van der Waals surface area contributed by atoms with Gasteiger partial charge >= 0.3 is 0 Å². The van der Waals surface area contributed by atoms with Crippen LogP contribution in [0.15, 0.2) is 48.7 Å². The Morgan fingerprint density at radius 2 is 1.87 bits per heavy atom. The molecule has 2 amide bonds. The third kappa shape index (κ3) is 5.54. The first kappa shape index (κ1) is 16.7. The van der Waals surface area contributed by atoms with Gasteiger partial charge in [0.25, 0.3) is 0 Å². The van der Waals surface area contributed by atoms with Crippen molar-refractivity contribution in [2.75, 3.05) is 18.9 Å². The van der Waals surface area contributed by atoms with Gasteiger partial charge in [0.05, 0.1) is 6.54 Å². The number of nitrogens with zero attached hydrogens (tertiary/aromatic N) is 2. The van der Waals surface area contributed by atoms with Crippen molar-refractivity contribution in [3.8, 4) is 0 Å². The second-order valence-electron chi connectivity index (χ2n) is 5.50. The lowest BCUT2D eigenvalue weighted by Gasteiger charge is -2.16. The number of nitrogens with one attached hydrogen (secondary N) is 1. The van der Waals surface area contributed by atoms with Crippen LogP contribution in [-0.4, -0.2) is 35.3 Å². The lowest BCUT2D eigenvalue weighted by molar-refractivity contribution is -0.133. The Hall–Kier alpha value is -2.69. The van der Waals surface area contributed by atoms with E-state index in [1.165, 1.54) is 4.90 Å². The topological polar surface area (TPSA) is 62.3 Å². The van der Waals surface area contributed by atoms with E-state index in [1.54, 1.807) is 19.3 Å². The zero-order chi connectivity index (χ0) is 16.7. The van der Waals surface area contributed by atoms with Crippen molar-refractivity contribution in [2.45, 2.75) is 19.8 Å². The van der Waals surface area contributed by atoms with Gasteiger partial charge in [-0.05, 0) is 30.5 Å². The Morgan fingerprint density at radius 1 is 1.13 bits per heavy atom. The SMILES string of the molecule is Cc1ccc(NC(=O)CN(C)C(=O)CCc2ccccc2)nc1. The molecule has 0 spiro atoms. The molecular weight excluding hydrogens is 290 g/mol. The maximum Gasteiger partial charge on any atom is 0.245 e. The molecule has 0 bridgehead atoms. The summed E-state index contributed by atoms with van der Waals surface area (Å²) in [5.41, 5.74) is 2.14. The molecule has 2 rings (SSSR count). The molecule has 1 N–H and O–H groups in total. The fraction of sp³-hybridized carbons (Fsp3) is 0.278. The van der Waals surface area contributed by atoms with Crippen molar-refractivity contribution < 1.29 is 9.59 Å². The fourth-order valence-corrected chi connectivity index (χ4v) is 2.11. The van der Waals surface area contributed by atoms with Gasteiger partial charge in [0.15, 0.2) is 0 Å². The predicted octanol–water partition coefficient (Wildman–Crippen LogP) is 2.42. The number of hydrogen-bond acceptors (Lipinski definition) is 3. The quantitative estimate of drug-likeness (QED) is 0.891. The Kier molecular flexibility index (Phi) is 5.86. The molecule has 5 nitrogen and oxygen atoms in total. The molecule has 1 heterocycles. The average Bonchev–Trinajstić information content (AvgIpc) is 2.55. The van der Waals surface area contributed by atoms with Gasteiger partial charge in [-0.1, -0.05) is 36.4 Å². The van der Waals surface area contributed by atoms with Gasteiger partial charge in [-0.25, -0.2) is 4.98 Å². The minimum Gasteiger partial charge on any atom is -0.336 e. The van der Waals surface area contributed by atoms with Crippen LogP contribution in [0.2, 0.25) is 0 Å². The van der Waals surface area contributed by atoms with E-state index in [1.807, 2.05) is 43.3 Å². The molecule has 2 aromatic rings. The Balaban J connectivity index is 1.78. The van der Waals surface area contributed by atoms with Gasteiger partial charge in [-0.3, -0.25) is 9.59 Å². The van der Waals surface area contributed by atoms with Crippen LogP contribution >= 0.6 is 0 Å². The van der Waals surface area contributed by atoms with E-state index in [0.29, 0.717) is 18.7 Å². The molecule has 0 aliphatic carbocycles. The van der Waals surface area contributed by atoms with Crippen molar-refractivity contribution in [1.82, 2.24) is 9.88 Å². The normalized spacial score (nSPS) is 10.2. The summed E-state index contributed by atoms with van der Waals surface area (Å²) in [6.07, 6.45) is 2.74. The summed E-state index contributed by atoms with van der Waals surface area (Å²) in [7, 11) is 1.63. The predicted molar refractivity (Wildman–Crippen MR) is 90.0 cm³/mol. The van der Waals surface area contributed by atoms with E-state index in [-0.39, 0.29) is 18.4 Å². The van der Waals surface area contributed by atoms with Crippen molar-refractivity contribution in [3.05, 3.63) is 59.8 Å². The number of carbonyl (C=O) groups is 2. The van der Waals surface area contributed by atoms with E-state index in [2.05, 4.69) is 10.3 Å². The number of amides is 2. The molecule has 23 heavy (non-hydrogen) atoms. The van der Waals surface area contributed by atoms with E-state index in [4.69, 9.17) is 0 Å². The number of pyridine rings is 1. The average molecular weight is 311 g/mol. The highest BCUT2D eigenvalue weighted by Gasteiger charge is 2.13.